The number of hydrogen-bond acceptors (Lipinski definition) is 4. The summed E-state index contributed by atoms with van der Waals surface area (Å²) in [6, 6.07) is 12.1. The quantitative estimate of drug-likeness (QED) is 0.707. The topological polar surface area (TPSA) is 82.5 Å². The smallest absolute Gasteiger partial charge is 0.336 e. The molecule has 5 nitrogen and oxygen atoms in total. The molecule has 0 saturated carbocycles. The number of fused-ring (bicyclic) bond motifs is 1. The molecular formula is C21H21NO4. The number of nitrogens with two attached hydrogens (primary N) is 1. The number of benzene rings is 2. The fourth-order valence-electron chi connectivity index (χ4n) is 3.08. The van der Waals surface area contributed by atoms with Crippen molar-refractivity contribution in [3.8, 4) is 5.75 Å². The molecule has 0 unspecified atom stereocenters. The molecule has 0 bridgehead atoms. The van der Waals surface area contributed by atoms with Crippen LogP contribution in [0.4, 0.5) is 0 Å². The van der Waals surface area contributed by atoms with Crippen molar-refractivity contribution in [2.75, 3.05) is 0 Å². The third-order valence-electron chi connectivity index (χ3n) is 4.37. The summed E-state index contributed by atoms with van der Waals surface area (Å²) in [5.41, 5.74) is 8.75. The lowest BCUT2D eigenvalue weighted by Gasteiger charge is -2.14. The van der Waals surface area contributed by atoms with E-state index in [0.29, 0.717) is 28.4 Å². The van der Waals surface area contributed by atoms with Crippen LogP contribution in [0.1, 0.15) is 46.8 Å². The third kappa shape index (κ3) is 3.47. The molecule has 0 aliphatic rings. The van der Waals surface area contributed by atoms with E-state index in [0.717, 1.165) is 10.9 Å². The van der Waals surface area contributed by atoms with Gasteiger partial charge in [-0.25, -0.2) is 4.79 Å². The molecule has 3 aromatic rings. The number of ether oxygens (including phenoxy) is 1. The zero-order valence-corrected chi connectivity index (χ0v) is 15.0. The molecule has 26 heavy (non-hydrogen) atoms. The maximum atomic E-state index is 11.9. The zero-order chi connectivity index (χ0) is 18.8. The van der Waals surface area contributed by atoms with Crippen molar-refractivity contribution < 1.29 is 13.9 Å². The van der Waals surface area contributed by atoms with Crippen molar-refractivity contribution in [3.05, 3.63) is 75.1 Å². The monoisotopic (exact) mass is 351 g/mol. The highest BCUT2D eigenvalue weighted by atomic mass is 16.5. The Labute approximate surface area is 151 Å². The molecule has 3 rings (SSSR count). The van der Waals surface area contributed by atoms with E-state index in [9.17, 15) is 9.59 Å². The average Bonchev–Trinajstić information content (AvgIpc) is 2.58. The number of rotatable bonds is 5. The predicted octanol–water partition coefficient (Wildman–Crippen LogP) is 3.90. The van der Waals surface area contributed by atoms with Gasteiger partial charge in [0.1, 0.15) is 17.9 Å². The van der Waals surface area contributed by atoms with E-state index in [1.54, 1.807) is 24.3 Å². The Morgan fingerprint density at radius 1 is 1.19 bits per heavy atom. The second kappa shape index (κ2) is 7.04. The maximum absolute atomic E-state index is 11.9. The van der Waals surface area contributed by atoms with Crippen molar-refractivity contribution in [1.29, 1.82) is 0 Å². The minimum Gasteiger partial charge on any atom is -0.488 e. The molecule has 0 fully saturated rings. The highest BCUT2D eigenvalue weighted by Crippen LogP contribution is 2.28. The van der Waals surface area contributed by atoms with Gasteiger partial charge in [-0.05, 0) is 48.2 Å². The molecule has 0 spiro atoms. The van der Waals surface area contributed by atoms with Crippen LogP contribution in [0.15, 0.2) is 51.7 Å². The average molecular weight is 351 g/mol. The van der Waals surface area contributed by atoms with Crippen molar-refractivity contribution in [1.82, 2.24) is 0 Å². The molecule has 134 valence electrons. The summed E-state index contributed by atoms with van der Waals surface area (Å²) in [5.74, 6) is 0.170. The SMILES string of the molecule is Cc1cc2oc(=O)cc(COc3ccccc3C(N)=O)c2cc1C(C)C. The zero-order valence-electron chi connectivity index (χ0n) is 15.0. The number of primary amides is 1. The van der Waals surface area contributed by atoms with Gasteiger partial charge in [0, 0.05) is 17.0 Å². The van der Waals surface area contributed by atoms with Gasteiger partial charge in [0.15, 0.2) is 0 Å². The molecule has 0 atom stereocenters. The Kier molecular flexibility index (Phi) is 4.80. The normalized spacial score (nSPS) is 11.1. The Balaban J connectivity index is 2.04. The van der Waals surface area contributed by atoms with Gasteiger partial charge < -0.3 is 14.9 Å². The lowest BCUT2D eigenvalue weighted by atomic mass is 9.95. The summed E-state index contributed by atoms with van der Waals surface area (Å²) in [5, 5.41) is 0.829. The Morgan fingerprint density at radius 3 is 2.62 bits per heavy atom. The first-order valence-electron chi connectivity index (χ1n) is 8.45. The van der Waals surface area contributed by atoms with Crippen molar-refractivity contribution >= 4 is 16.9 Å². The van der Waals surface area contributed by atoms with Crippen LogP contribution < -0.4 is 16.1 Å². The van der Waals surface area contributed by atoms with E-state index in [-0.39, 0.29) is 6.61 Å². The molecule has 5 heteroatoms. The van der Waals surface area contributed by atoms with Crippen LogP contribution in [0.5, 0.6) is 5.75 Å². The standard InChI is InChI=1S/C21H21NO4/c1-12(2)16-10-17-14(9-20(23)26-19(17)8-13(16)3)11-25-18-7-5-4-6-15(18)21(22)24/h4-10,12H,11H2,1-3H3,(H2,22,24). The molecule has 0 aliphatic carbocycles. The molecule has 0 saturated heterocycles. The summed E-state index contributed by atoms with van der Waals surface area (Å²) in [6.45, 7) is 6.37. The molecule has 1 aromatic heterocycles. The first-order valence-corrected chi connectivity index (χ1v) is 8.45. The Morgan fingerprint density at radius 2 is 1.92 bits per heavy atom. The Hall–Kier alpha value is -3.08. The van der Waals surface area contributed by atoms with Crippen LogP contribution in [-0.2, 0) is 6.61 Å². The highest BCUT2D eigenvalue weighted by Gasteiger charge is 2.13. The molecule has 2 aromatic carbocycles. The minimum absolute atomic E-state index is 0.132. The summed E-state index contributed by atoms with van der Waals surface area (Å²) < 4.78 is 11.1. The largest absolute Gasteiger partial charge is 0.488 e. The lowest BCUT2D eigenvalue weighted by molar-refractivity contribution is 0.0996. The molecule has 1 heterocycles. The number of amides is 1. The molecule has 2 N–H and O–H groups in total. The van der Waals surface area contributed by atoms with E-state index in [1.807, 2.05) is 19.1 Å². The third-order valence-corrected chi connectivity index (χ3v) is 4.37. The van der Waals surface area contributed by atoms with Crippen molar-refractivity contribution in [3.63, 3.8) is 0 Å². The van der Waals surface area contributed by atoms with E-state index in [4.69, 9.17) is 14.9 Å². The van der Waals surface area contributed by atoms with Crippen molar-refractivity contribution in [2.24, 2.45) is 5.73 Å². The fraction of sp³-hybridized carbons (Fsp3) is 0.238. The van der Waals surface area contributed by atoms with E-state index in [1.165, 1.54) is 11.6 Å². The van der Waals surface area contributed by atoms with Gasteiger partial charge >= 0.3 is 5.63 Å². The molecule has 1 amide bonds. The van der Waals surface area contributed by atoms with Gasteiger partial charge in [0.05, 0.1) is 5.56 Å². The van der Waals surface area contributed by atoms with Crippen LogP contribution in [-0.4, -0.2) is 5.91 Å². The van der Waals surface area contributed by atoms with Gasteiger partial charge in [-0.3, -0.25) is 4.79 Å². The fourth-order valence-corrected chi connectivity index (χ4v) is 3.08. The molecule has 0 aliphatic heterocycles. The second-order valence-corrected chi connectivity index (χ2v) is 6.60. The van der Waals surface area contributed by atoms with Gasteiger partial charge in [-0.15, -0.1) is 0 Å². The van der Waals surface area contributed by atoms with Crippen LogP contribution in [0.25, 0.3) is 11.0 Å². The number of hydrogen-bond donors (Lipinski definition) is 1. The van der Waals surface area contributed by atoms with Gasteiger partial charge in [0.2, 0.25) is 0 Å². The van der Waals surface area contributed by atoms with Gasteiger partial charge in [0.25, 0.3) is 5.91 Å². The van der Waals surface area contributed by atoms with Crippen molar-refractivity contribution in [2.45, 2.75) is 33.3 Å². The number of carbonyl (C=O) groups excluding carboxylic acids is 1. The minimum atomic E-state index is -0.559. The Bertz CT molecular complexity index is 1030. The van der Waals surface area contributed by atoms with Crippen LogP contribution in [0.3, 0.4) is 0 Å². The predicted molar refractivity (Wildman–Crippen MR) is 101 cm³/mol. The highest BCUT2D eigenvalue weighted by molar-refractivity contribution is 5.95. The summed E-state index contributed by atoms with van der Waals surface area (Å²) in [4.78, 5) is 23.5. The van der Waals surface area contributed by atoms with Gasteiger partial charge in [-0.2, -0.15) is 0 Å². The maximum Gasteiger partial charge on any atom is 0.336 e. The first-order chi connectivity index (χ1) is 12.4. The van der Waals surface area contributed by atoms with Gasteiger partial charge in [-0.1, -0.05) is 26.0 Å². The summed E-state index contributed by atoms with van der Waals surface area (Å²) in [7, 11) is 0. The van der Waals surface area contributed by atoms with E-state index < -0.39 is 11.5 Å². The molecule has 0 radical (unpaired) electrons. The first kappa shape index (κ1) is 17.7. The summed E-state index contributed by atoms with van der Waals surface area (Å²) >= 11 is 0. The van der Waals surface area contributed by atoms with Crippen LogP contribution in [0, 0.1) is 6.92 Å². The van der Waals surface area contributed by atoms with Crippen LogP contribution in [0.2, 0.25) is 0 Å². The number of para-hydroxylation sites is 1. The number of aryl methyl sites for hydroxylation is 1. The molecular weight excluding hydrogens is 330 g/mol. The summed E-state index contributed by atoms with van der Waals surface area (Å²) in [6.07, 6.45) is 0. The van der Waals surface area contributed by atoms with Crippen LogP contribution >= 0.6 is 0 Å². The lowest BCUT2D eigenvalue weighted by Crippen LogP contribution is -2.13. The van der Waals surface area contributed by atoms with E-state index >= 15 is 0 Å². The second-order valence-electron chi connectivity index (χ2n) is 6.60. The number of carbonyl (C=O) groups is 1. The van der Waals surface area contributed by atoms with E-state index in [2.05, 4.69) is 13.8 Å².